The molecule has 0 saturated heterocycles. The molecule has 17 heavy (non-hydrogen) atoms. The highest BCUT2D eigenvalue weighted by Gasteiger charge is 2.24. The molecule has 0 fully saturated rings. The maximum absolute atomic E-state index is 11.5. The Kier molecular flexibility index (Phi) is 6.99. The molecule has 2 N–H and O–H groups in total. The largest absolute Gasteiger partial charge is 0.467 e. The second-order valence-corrected chi connectivity index (χ2v) is 4.14. The van der Waals surface area contributed by atoms with Gasteiger partial charge in [-0.1, -0.05) is 13.8 Å². The first-order valence-corrected chi connectivity index (χ1v) is 5.42. The van der Waals surface area contributed by atoms with Gasteiger partial charge in [-0.15, -0.1) is 12.3 Å². The van der Waals surface area contributed by atoms with E-state index in [1.165, 1.54) is 7.11 Å². The Hall–Kier alpha value is -1.54. The average molecular weight is 241 g/mol. The Bertz CT molecular complexity index is 306. The van der Waals surface area contributed by atoms with Crippen molar-refractivity contribution in [3.63, 3.8) is 0 Å². The third-order valence-electron chi connectivity index (χ3n) is 2.12. The molecule has 0 aliphatic rings. The number of amides is 1. The lowest BCUT2D eigenvalue weighted by Crippen LogP contribution is -2.46. The van der Waals surface area contributed by atoms with Gasteiger partial charge in [-0.25, -0.2) is 4.79 Å². The lowest BCUT2D eigenvalue weighted by Gasteiger charge is -2.17. The van der Waals surface area contributed by atoms with Crippen molar-refractivity contribution in [2.24, 2.45) is 5.92 Å². The van der Waals surface area contributed by atoms with Gasteiger partial charge in [0, 0.05) is 6.42 Å². The number of aliphatic hydroxyl groups excluding tert-OH is 1. The van der Waals surface area contributed by atoms with Gasteiger partial charge in [0.25, 0.3) is 0 Å². The molecule has 5 nitrogen and oxygen atoms in total. The lowest BCUT2D eigenvalue weighted by molar-refractivity contribution is -0.146. The summed E-state index contributed by atoms with van der Waals surface area (Å²) in [6.07, 6.45) is 4.31. The third-order valence-corrected chi connectivity index (χ3v) is 2.12. The van der Waals surface area contributed by atoms with Crippen LogP contribution >= 0.6 is 0 Å². The van der Waals surface area contributed by atoms with Crippen molar-refractivity contribution in [3.8, 4) is 12.3 Å². The standard InChI is InChI=1S/C12H19NO4/c1-5-6-9(12(16)17-4)13-11(15)10(14)7-8(2)3/h1,8-10,14H,6-7H2,2-4H3,(H,13,15)/t9-,10+/m0/s1. The van der Waals surface area contributed by atoms with E-state index in [0.29, 0.717) is 6.42 Å². The van der Waals surface area contributed by atoms with E-state index in [2.05, 4.69) is 16.0 Å². The van der Waals surface area contributed by atoms with Crippen LogP contribution in [-0.2, 0) is 14.3 Å². The van der Waals surface area contributed by atoms with Gasteiger partial charge >= 0.3 is 5.97 Å². The summed E-state index contributed by atoms with van der Waals surface area (Å²) in [6, 6.07) is -0.903. The van der Waals surface area contributed by atoms with Crippen LogP contribution in [0.25, 0.3) is 0 Å². The number of aliphatic hydroxyl groups is 1. The Morgan fingerprint density at radius 2 is 2.06 bits per heavy atom. The van der Waals surface area contributed by atoms with Crippen LogP contribution in [0.3, 0.4) is 0 Å². The van der Waals surface area contributed by atoms with Crippen LogP contribution in [0.15, 0.2) is 0 Å². The van der Waals surface area contributed by atoms with E-state index in [0.717, 1.165) is 0 Å². The summed E-state index contributed by atoms with van der Waals surface area (Å²) in [5.74, 6) is 1.23. The molecule has 0 aromatic heterocycles. The summed E-state index contributed by atoms with van der Waals surface area (Å²) < 4.78 is 4.50. The molecular formula is C12H19NO4. The number of carbonyl (C=O) groups is 2. The number of methoxy groups -OCH3 is 1. The highest BCUT2D eigenvalue weighted by atomic mass is 16.5. The van der Waals surface area contributed by atoms with E-state index in [1.54, 1.807) is 0 Å². The molecule has 0 aromatic carbocycles. The molecule has 0 bridgehead atoms. The fourth-order valence-corrected chi connectivity index (χ4v) is 1.27. The van der Waals surface area contributed by atoms with Gasteiger partial charge in [-0.05, 0) is 12.3 Å². The number of rotatable bonds is 6. The van der Waals surface area contributed by atoms with Crippen molar-refractivity contribution >= 4 is 11.9 Å². The highest BCUT2D eigenvalue weighted by molar-refractivity contribution is 5.86. The van der Waals surface area contributed by atoms with Crippen molar-refractivity contribution in [2.75, 3.05) is 7.11 Å². The quantitative estimate of drug-likeness (QED) is 0.510. The van der Waals surface area contributed by atoms with Crippen molar-refractivity contribution in [2.45, 2.75) is 38.8 Å². The minimum Gasteiger partial charge on any atom is -0.467 e. The predicted molar refractivity (Wildman–Crippen MR) is 62.9 cm³/mol. The van der Waals surface area contributed by atoms with Gasteiger partial charge in [0.15, 0.2) is 0 Å². The average Bonchev–Trinajstić information content (AvgIpc) is 2.26. The van der Waals surface area contributed by atoms with E-state index >= 15 is 0 Å². The molecule has 2 atom stereocenters. The highest BCUT2D eigenvalue weighted by Crippen LogP contribution is 2.05. The Morgan fingerprint density at radius 3 is 2.47 bits per heavy atom. The van der Waals surface area contributed by atoms with Crippen molar-refractivity contribution in [1.29, 1.82) is 0 Å². The normalized spacial score (nSPS) is 13.6. The zero-order valence-electron chi connectivity index (χ0n) is 10.4. The van der Waals surface area contributed by atoms with Crippen LogP contribution in [0.1, 0.15) is 26.7 Å². The number of carbonyl (C=O) groups excluding carboxylic acids is 2. The minimum absolute atomic E-state index is 0.0345. The van der Waals surface area contributed by atoms with E-state index in [1.807, 2.05) is 13.8 Å². The number of ether oxygens (including phenoxy) is 1. The molecule has 5 heteroatoms. The monoisotopic (exact) mass is 241 g/mol. The van der Waals surface area contributed by atoms with E-state index in [-0.39, 0.29) is 12.3 Å². The molecular weight excluding hydrogens is 222 g/mol. The van der Waals surface area contributed by atoms with Crippen LogP contribution in [0.5, 0.6) is 0 Å². The Labute approximate surface area is 102 Å². The maximum Gasteiger partial charge on any atom is 0.329 e. The van der Waals surface area contributed by atoms with Crippen molar-refractivity contribution < 1.29 is 19.4 Å². The van der Waals surface area contributed by atoms with Crippen LogP contribution in [0, 0.1) is 18.3 Å². The first kappa shape index (κ1) is 15.5. The van der Waals surface area contributed by atoms with Crippen LogP contribution in [-0.4, -0.2) is 36.2 Å². The van der Waals surface area contributed by atoms with E-state index in [9.17, 15) is 14.7 Å². The van der Waals surface area contributed by atoms with E-state index in [4.69, 9.17) is 6.42 Å². The van der Waals surface area contributed by atoms with E-state index < -0.39 is 24.0 Å². The number of hydrogen-bond acceptors (Lipinski definition) is 4. The predicted octanol–water partition coefficient (Wildman–Crippen LogP) is 0.0745. The zero-order chi connectivity index (χ0) is 13.4. The number of esters is 1. The summed E-state index contributed by atoms with van der Waals surface area (Å²) in [5.41, 5.74) is 0. The Balaban J connectivity index is 4.40. The van der Waals surface area contributed by atoms with Gasteiger partial charge in [0.05, 0.1) is 7.11 Å². The molecule has 0 spiro atoms. The first-order chi connectivity index (χ1) is 7.92. The number of hydrogen-bond donors (Lipinski definition) is 2. The number of nitrogens with one attached hydrogen (secondary N) is 1. The van der Waals surface area contributed by atoms with Gasteiger partial charge in [-0.3, -0.25) is 4.79 Å². The maximum atomic E-state index is 11.5. The molecule has 0 unspecified atom stereocenters. The second kappa shape index (κ2) is 7.69. The lowest BCUT2D eigenvalue weighted by atomic mass is 10.1. The van der Waals surface area contributed by atoms with Gasteiger partial charge in [0.2, 0.25) is 5.91 Å². The SMILES string of the molecule is C#CC[C@H](NC(=O)[C@H](O)CC(C)C)C(=O)OC. The molecule has 0 saturated carbocycles. The van der Waals surface area contributed by atoms with Crippen molar-refractivity contribution in [3.05, 3.63) is 0 Å². The molecule has 0 aliphatic carbocycles. The molecule has 0 rings (SSSR count). The molecule has 1 amide bonds. The van der Waals surface area contributed by atoms with Gasteiger partial charge in [-0.2, -0.15) is 0 Å². The summed E-state index contributed by atoms with van der Waals surface area (Å²) in [4.78, 5) is 22.8. The topological polar surface area (TPSA) is 75.6 Å². The molecule has 0 aromatic rings. The second-order valence-electron chi connectivity index (χ2n) is 4.14. The fraction of sp³-hybridized carbons (Fsp3) is 0.667. The van der Waals surface area contributed by atoms with Crippen LogP contribution in [0.4, 0.5) is 0 Å². The summed E-state index contributed by atoms with van der Waals surface area (Å²) in [6.45, 7) is 3.77. The third kappa shape index (κ3) is 5.93. The van der Waals surface area contributed by atoms with Crippen molar-refractivity contribution in [1.82, 2.24) is 5.32 Å². The minimum atomic E-state index is -1.14. The van der Waals surface area contributed by atoms with Gasteiger partial charge in [0.1, 0.15) is 12.1 Å². The summed E-state index contributed by atoms with van der Waals surface area (Å²) >= 11 is 0. The first-order valence-electron chi connectivity index (χ1n) is 5.42. The molecule has 0 aliphatic heterocycles. The zero-order valence-corrected chi connectivity index (χ0v) is 10.4. The molecule has 0 heterocycles. The van der Waals surface area contributed by atoms with Crippen LogP contribution < -0.4 is 5.32 Å². The Morgan fingerprint density at radius 1 is 1.47 bits per heavy atom. The van der Waals surface area contributed by atoms with Crippen LogP contribution in [0.2, 0.25) is 0 Å². The summed E-state index contributed by atoms with van der Waals surface area (Å²) in [7, 11) is 1.21. The van der Waals surface area contributed by atoms with Gasteiger partial charge < -0.3 is 15.2 Å². The smallest absolute Gasteiger partial charge is 0.329 e. The molecule has 0 radical (unpaired) electrons. The number of terminal acetylenes is 1. The molecule has 96 valence electrons. The fourth-order valence-electron chi connectivity index (χ4n) is 1.27. The summed E-state index contributed by atoms with van der Waals surface area (Å²) in [5, 5.41) is 11.9.